The molecule has 0 aliphatic carbocycles. The summed E-state index contributed by atoms with van der Waals surface area (Å²) in [6.07, 6.45) is 0. The minimum absolute atomic E-state index is 0.533. The molecule has 0 fully saturated rings. The molecule has 5 heteroatoms. The lowest BCUT2D eigenvalue weighted by Gasteiger charge is -2.20. The van der Waals surface area contributed by atoms with Gasteiger partial charge in [-0.25, -0.2) is 15.0 Å². The van der Waals surface area contributed by atoms with Crippen LogP contribution in [0.5, 0.6) is 0 Å². The van der Waals surface area contributed by atoms with Gasteiger partial charge in [-0.15, -0.1) is 0 Å². The van der Waals surface area contributed by atoms with E-state index in [2.05, 4.69) is 211 Å². The Morgan fingerprint density at radius 2 is 0.786 bits per heavy atom. The molecule has 14 rings (SSSR count). The Hall–Kier alpha value is -9.45. The van der Waals surface area contributed by atoms with Crippen molar-refractivity contribution < 1.29 is 4.42 Å². The lowest BCUT2D eigenvalue weighted by atomic mass is 9.91. The van der Waals surface area contributed by atoms with Crippen LogP contribution in [-0.4, -0.2) is 19.5 Å². The summed E-state index contributed by atoms with van der Waals surface area (Å²) >= 11 is 0. The highest BCUT2D eigenvalue weighted by Crippen LogP contribution is 2.45. The van der Waals surface area contributed by atoms with Crippen molar-refractivity contribution in [1.82, 2.24) is 19.5 Å². The highest BCUT2D eigenvalue weighted by Gasteiger charge is 2.24. The number of hydrogen-bond donors (Lipinski definition) is 0. The normalized spacial score (nSPS) is 11.7. The van der Waals surface area contributed by atoms with E-state index >= 15 is 0 Å². The van der Waals surface area contributed by atoms with E-state index in [1.165, 1.54) is 32.3 Å². The quantitative estimate of drug-likeness (QED) is 0.160. The molecule has 0 atom stereocenters. The number of rotatable bonds is 7. The van der Waals surface area contributed by atoms with Crippen LogP contribution in [0, 0.1) is 0 Å². The first-order valence-electron chi connectivity index (χ1n) is 23.7. The first-order chi connectivity index (χ1) is 34.7. The number of furan rings is 1. The van der Waals surface area contributed by atoms with Crippen molar-refractivity contribution >= 4 is 65.3 Å². The van der Waals surface area contributed by atoms with Gasteiger partial charge in [0, 0.05) is 38.2 Å². The monoisotopic (exact) mass is 892 g/mol. The van der Waals surface area contributed by atoms with Gasteiger partial charge in [0.25, 0.3) is 0 Å². The number of para-hydroxylation sites is 2. The summed E-state index contributed by atoms with van der Waals surface area (Å²) in [4.78, 5) is 16.1. The second-order valence-corrected chi connectivity index (χ2v) is 17.9. The second-order valence-electron chi connectivity index (χ2n) is 17.9. The standard InChI is InChI=1S/C65H40N4O/c1-4-18-41(19-5-1)44-28-16-29-49(34-44)54-39-57(65-67-63(43-22-8-3-9-23-43)66-64(68-65)52-32-17-31-51-50-30-14-15-33-61(50)70-62(51)52)53(42-20-6-2-7-21-42)40-60(54)69-58-37-47-26-12-10-24-45(47)35-55(58)56-36-46-25-11-13-27-48(46)38-59(56)69/h1-40H. The molecular formula is C65H40N4O. The van der Waals surface area contributed by atoms with Crippen molar-refractivity contribution in [3.8, 4) is 73.2 Å². The summed E-state index contributed by atoms with van der Waals surface area (Å²) in [6, 6.07) is 86.2. The van der Waals surface area contributed by atoms with Gasteiger partial charge < -0.3 is 8.98 Å². The zero-order valence-corrected chi connectivity index (χ0v) is 37.8. The molecule has 5 nitrogen and oxygen atoms in total. The molecule has 0 unspecified atom stereocenters. The van der Waals surface area contributed by atoms with Gasteiger partial charge in [0.2, 0.25) is 0 Å². The molecule has 14 aromatic rings. The molecule has 0 amide bonds. The molecular weight excluding hydrogens is 853 g/mol. The first kappa shape index (κ1) is 39.7. The van der Waals surface area contributed by atoms with Gasteiger partial charge in [-0.2, -0.15) is 0 Å². The average molecular weight is 893 g/mol. The largest absolute Gasteiger partial charge is 0.455 e. The number of aromatic nitrogens is 4. The van der Waals surface area contributed by atoms with Gasteiger partial charge in [0.1, 0.15) is 11.2 Å². The van der Waals surface area contributed by atoms with Gasteiger partial charge >= 0.3 is 0 Å². The second kappa shape index (κ2) is 16.1. The summed E-state index contributed by atoms with van der Waals surface area (Å²) in [5, 5.41) is 9.23. The molecule has 0 spiro atoms. The highest BCUT2D eigenvalue weighted by molar-refractivity contribution is 6.17. The van der Waals surface area contributed by atoms with Crippen LogP contribution in [0.3, 0.4) is 0 Å². The summed E-state index contributed by atoms with van der Waals surface area (Å²) < 4.78 is 9.11. The van der Waals surface area contributed by atoms with Crippen molar-refractivity contribution in [3.63, 3.8) is 0 Å². The SMILES string of the molecule is c1ccc(-c2cccc(-c3cc(-c4nc(-c5ccccc5)nc(-c5cccc6c5oc5ccccc56)n4)c(-c4ccccc4)cc3-n3c4cc5ccccc5cc4c4cc5ccccc5cc43)c2)cc1. The fourth-order valence-electron chi connectivity index (χ4n) is 10.4. The van der Waals surface area contributed by atoms with Gasteiger partial charge in [-0.05, 0) is 104 Å². The van der Waals surface area contributed by atoms with E-state index in [1.807, 2.05) is 36.4 Å². The van der Waals surface area contributed by atoms with E-state index in [1.54, 1.807) is 0 Å². The van der Waals surface area contributed by atoms with E-state index in [4.69, 9.17) is 19.4 Å². The van der Waals surface area contributed by atoms with Crippen LogP contribution < -0.4 is 0 Å². The molecule has 3 heterocycles. The zero-order valence-electron chi connectivity index (χ0n) is 37.8. The third kappa shape index (κ3) is 6.59. The van der Waals surface area contributed by atoms with E-state index in [9.17, 15) is 0 Å². The maximum absolute atomic E-state index is 6.62. The Morgan fingerprint density at radius 3 is 1.46 bits per heavy atom. The number of nitrogens with zero attached hydrogens (tertiary/aromatic N) is 4. The molecule has 11 aromatic carbocycles. The van der Waals surface area contributed by atoms with Gasteiger partial charge in [0.15, 0.2) is 17.5 Å². The van der Waals surface area contributed by atoms with Crippen LogP contribution in [0.15, 0.2) is 247 Å². The summed E-state index contributed by atoms with van der Waals surface area (Å²) in [5.41, 5.74) is 13.8. The topological polar surface area (TPSA) is 56.7 Å². The van der Waals surface area contributed by atoms with Gasteiger partial charge in [-0.1, -0.05) is 188 Å². The van der Waals surface area contributed by atoms with E-state index in [0.29, 0.717) is 17.5 Å². The molecule has 0 N–H and O–H groups in total. The average Bonchev–Trinajstić information content (AvgIpc) is 3.96. The minimum Gasteiger partial charge on any atom is -0.455 e. The number of benzene rings is 11. The minimum atomic E-state index is 0.533. The Labute approximate surface area is 403 Å². The lowest BCUT2D eigenvalue weighted by molar-refractivity contribution is 0.669. The van der Waals surface area contributed by atoms with Crippen LogP contribution in [0.25, 0.3) is 139 Å². The number of fused-ring (bicyclic) bond motifs is 8. The van der Waals surface area contributed by atoms with Crippen molar-refractivity contribution in [3.05, 3.63) is 243 Å². The molecule has 3 aromatic heterocycles. The van der Waals surface area contributed by atoms with Crippen molar-refractivity contribution in [2.75, 3.05) is 0 Å². The van der Waals surface area contributed by atoms with Crippen molar-refractivity contribution in [2.45, 2.75) is 0 Å². The van der Waals surface area contributed by atoms with Gasteiger partial charge in [-0.3, -0.25) is 0 Å². The van der Waals surface area contributed by atoms with Crippen LogP contribution in [-0.2, 0) is 0 Å². The fourth-order valence-corrected chi connectivity index (χ4v) is 10.4. The van der Waals surface area contributed by atoms with Crippen LogP contribution in [0.2, 0.25) is 0 Å². The fraction of sp³-hybridized carbons (Fsp3) is 0. The number of hydrogen-bond acceptors (Lipinski definition) is 4. The van der Waals surface area contributed by atoms with Crippen LogP contribution >= 0.6 is 0 Å². The molecule has 70 heavy (non-hydrogen) atoms. The zero-order chi connectivity index (χ0) is 46.1. The first-order valence-corrected chi connectivity index (χ1v) is 23.7. The maximum Gasteiger partial charge on any atom is 0.167 e. The lowest BCUT2D eigenvalue weighted by Crippen LogP contribution is -2.04. The summed E-state index contributed by atoms with van der Waals surface area (Å²) in [5.74, 6) is 1.66. The third-order valence-corrected chi connectivity index (χ3v) is 13.8. The molecule has 0 radical (unpaired) electrons. The predicted octanol–water partition coefficient (Wildman–Crippen LogP) is 17.2. The Kier molecular flexibility index (Phi) is 9.14. The van der Waals surface area contributed by atoms with Crippen LogP contribution in [0.1, 0.15) is 0 Å². The molecule has 0 aliphatic heterocycles. The maximum atomic E-state index is 6.62. The van der Waals surface area contributed by atoms with Gasteiger partial charge in [0.05, 0.1) is 22.3 Å². The third-order valence-electron chi connectivity index (χ3n) is 13.8. The predicted molar refractivity (Wildman–Crippen MR) is 289 cm³/mol. The highest BCUT2D eigenvalue weighted by atomic mass is 16.3. The Balaban J connectivity index is 1.11. The van der Waals surface area contributed by atoms with E-state index in [-0.39, 0.29) is 0 Å². The molecule has 0 saturated heterocycles. The molecule has 0 bridgehead atoms. The van der Waals surface area contributed by atoms with Crippen LogP contribution in [0.4, 0.5) is 0 Å². The molecule has 0 saturated carbocycles. The molecule has 0 aliphatic rings. The smallest absolute Gasteiger partial charge is 0.167 e. The Morgan fingerprint density at radius 1 is 0.286 bits per heavy atom. The van der Waals surface area contributed by atoms with E-state index in [0.717, 1.165) is 88.7 Å². The van der Waals surface area contributed by atoms with E-state index < -0.39 is 0 Å². The van der Waals surface area contributed by atoms with Crippen molar-refractivity contribution in [1.29, 1.82) is 0 Å². The summed E-state index contributed by atoms with van der Waals surface area (Å²) in [7, 11) is 0. The Bertz CT molecular complexity index is 4250. The summed E-state index contributed by atoms with van der Waals surface area (Å²) in [6.45, 7) is 0. The molecule has 326 valence electrons. The van der Waals surface area contributed by atoms with Crippen molar-refractivity contribution in [2.24, 2.45) is 0 Å².